The molecule has 1 N–H and O–H groups in total. The summed E-state index contributed by atoms with van der Waals surface area (Å²) in [5, 5.41) is 9.26. The highest BCUT2D eigenvalue weighted by Crippen LogP contribution is 2.32. The first kappa shape index (κ1) is 17.8. The van der Waals surface area contributed by atoms with E-state index in [-0.39, 0.29) is 29.7 Å². The molecule has 2 fully saturated rings. The molecule has 2 rings (SSSR count). The predicted molar refractivity (Wildman–Crippen MR) is 85.7 cm³/mol. The molecule has 0 bridgehead atoms. The smallest absolute Gasteiger partial charge is 0.326 e. The van der Waals surface area contributed by atoms with Gasteiger partial charge in [-0.3, -0.25) is 9.59 Å². The van der Waals surface area contributed by atoms with Crippen LogP contribution in [-0.4, -0.2) is 57.9 Å². The lowest BCUT2D eigenvalue weighted by atomic mass is 9.94. The van der Waals surface area contributed by atoms with Crippen molar-refractivity contribution in [3.05, 3.63) is 0 Å². The Balaban J connectivity index is 2.05. The van der Waals surface area contributed by atoms with Crippen LogP contribution in [0.25, 0.3) is 0 Å². The van der Waals surface area contributed by atoms with E-state index < -0.39 is 12.0 Å². The van der Waals surface area contributed by atoms with Crippen LogP contribution in [0.4, 0.5) is 0 Å². The van der Waals surface area contributed by atoms with Gasteiger partial charge in [0.2, 0.25) is 11.8 Å². The van der Waals surface area contributed by atoms with Gasteiger partial charge in [0, 0.05) is 25.0 Å². The number of hydrogen-bond acceptors (Lipinski definition) is 3. The third-order valence-corrected chi connectivity index (χ3v) is 5.09. The Bertz CT molecular complexity index is 475. The topological polar surface area (TPSA) is 77.9 Å². The maximum absolute atomic E-state index is 12.9. The summed E-state index contributed by atoms with van der Waals surface area (Å²) in [4.78, 5) is 39.9. The van der Waals surface area contributed by atoms with E-state index in [4.69, 9.17) is 0 Å². The van der Waals surface area contributed by atoms with Crippen molar-refractivity contribution in [2.24, 2.45) is 11.8 Å². The zero-order valence-electron chi connectivity index (χ0n) is 14.3. The van der Waals surface area contributed by atoms with Crippen LogP contribution >= 0.6 is 0 Å². The molecule has 0 radical (unpaired) electrons. The molecule has 0 aromatic carbocycles. The first-order chi connectivity index (χ1) is 10.9. The van der Waals surface area contributed by atoms with Crippen molar-refractivity contribution in [2.75, 3.05) is 13.1 Å². The molecule has 1 saturated heterocycles. The van der Waals surface area contributed by atoms with Crippen molar-refractivity contribution in [1.82, 2.24) is 9.80 Å². The summed E-state index contributed by atoms with van der Waals surface area (Å²) in [6, 6.07) is -0.732. The summed E-state index contributed by atoms with van der Waals surface area (Å²) in [6.07, 6.45) is 4.09. The van der Waals surface area contributed by atoms with E-state index >= 15 is 0 Å². The van der Waals surface area contributed by atoms with Gasteiger partial charge in [-0.2, -0.15) is 0 Å². The predicted octanol–water partition coefficient (Wildman–Crippen LogP) is 1.74. The molecule has 6 nitrogen and oxygen atoms in total. The van der Waals surface area contributed by atoms with Gasteiger partial charge >= 0.3 is 5.97 Å². The average Bonchev–Trinajstić information content (AvgIpc) is 3.38. The SMILES string of the molecule is CCC(C)C(=O)N1CCCC(C(=O)N(C2CC2)C(C)C(=O)O)C1. The minimum atomic E-state index is -0.964. The summed E-state index contributed by atoms with van der Waals surface area (Å²) in [5.74, 6) is -1.24. The molecule has 0 aromatic rings. The van der Waals surface area contributed by atoms with Crippen molar-refractivity contribution in [3.8, 4) is 0 Å². The summed E-state index contributed by atoms with van der Waals surface area (Å²) in [5.41, 5.74) is 0. The standard InChI is InChI=1S/C17H28N2O4/c1-4-11(2)15(20)18-9-5-6-13(10-18)16(21)19(14-7-8-14)12(3)17(22)23/h11-14H,4-10H2,1-3H3,(H,22,23). The van der Waals surface area contributed by atoms with Gasteiger partial charge in [0.25, 0.3) is 0 Å². The number of piperidine rings is 1. The second-order valence-corrected chi connectivity index (χ2v) is 6.92. The second-order valence-electron chi connectivity index (χ2n) is 6.92. The lowest BCUT2D eigenvalue weighted by molar-refractivity contribution is -0.153. The molecule has 3 atom stereocenters. The van der Waals surface area contributed by atoms with Crippen LogP contribution in [-0.2, 0) is 14.4 Å². The number of carboxylic acids is 1. The van der Waals surface area contributed by atoms with Crippen LogP contribution in [0.3, 0.4) is 0 Å². The zero-order chi connectivity index (χ0) is 17.1. The number of nitrogens with zero attached hydrogens (tertiary/aromatic N) is 2. The second kappa shape index (κ2) is 7.32. The van der Waals surface area contributed by atoms with Crippen molar-refractivity contribution in [3.63, 3.8) is 0 Å². The number of carboxylic acid groups (broad SMARTS) is 1. The first-order valence-electron chi connectivity index (χ1n) is 8.70. The number of hydrogen-bond donors (Lipinski definition) is 1. The molecule has 0 aromatic heterocycles. The molecule has 23 heavy (non-hydrogen) atoms. The molecule has 1 aliphatic heterocycles. The number of carbonyl (C=O) groups excluding carboxylic acids is 2. The van der Waals surface area contributed by atoms with Crippen molar-refractivity contribution >= 4 is 17.8 Å². The molecule has 6 heteroatoms. The normalized spacial score (nSPS) is 24.0. The Labute approximate surface area is 137 Å². The van der Waals surface area contributed by atoms with Crippen LogP contribution < -0.4 is 0 Å². The summed E-state index contributed by atoms with van der Waals surface area (Å²) >= 11 is 0. The van der Waals surface area contributed by atoms with Gasteiger partial charge in [-0.25, -0.2) is 4.79 Å². The molecule has 1 saturated carbocycles. The minimum Gasteiger partial charge on any atom is -0.480 e. The van der Waals surface area contributed by atoms with Gasteiger partial charge in [0.1, 0.15) is 6.04 Å². The maximum atomic E-state index is 12.9. The fraction of sp³-hybridized carbons (Fsp3) is 0.824. The monoisotopic (exact) mass is 324 g/mol. The molecule has 0 spiro atoms. The highest BCUT2D eigenvalue weighted by molar-refractivity contribution is 5.86. The first-order valence-corrected chi connectivity index (χ1v) is 8.70. The average molecular weight is 324 g/mol. The molecule has 130 valence electrons. The van der Waals surface area contributed by atoms with Crippen LogP contribution in [0.5, 0.6) is 0 Å². The van der Waals surface area contributed by atoms with Gasteiger partial charge in [0.05, 0.1) is 5.92 Å². The van der Waals surface area contributed by atoms with Crippen molar-refractivity contribution in [2.45, 2.75) is 65.0 Å². The van der Waals surface area contributed by atoms with Crippen LogP contribution in [0, 0.1) is 11.8 Å². The van der Waals surface area contributed by atoms with E-state index in [2.05, 4.69) is 0 Å². The Hall–Kier alpha value is -1.59. The third kappa shape index (κ3) is 4.03. The van der Waals surface area contributed by atoms with Crippen LogP contribution in [0.2, 0.25) is 0 Å². The van der Waals surface area contributed by atoms with Gasteiger partial charge in [-0.15, -0.1) is 0 Å². The Morgan fingerprint density at radius 2 is 1.87 bits per heavy atom. The van der Waals surface area contributed by atoms with Gasteiger partial charge in [0.15, 0.2) is 0 Å². The number of carbonyl (C=O) groups is 3. The number of amides is 2. The molecule has 2 aliphatic rings. The van der Waals surface area contributed by atoms with Gasteiger partial charge in [-0.1, -0.05) is 13.8 Å². The summed E-state index contributed by atoms with van der Waals surface area (Å²) in [7, 11) is 0. The fourth-order valence-corrected chi connectivity index (χ4v) is 3.23. The van der Waals surface area contributed by atoms with E-state index in [1.54, 1.807) is 16.7 Å². The highest BCUT2D eigenvalue weighted by atomic mass is 16.4. The lowest BCUT2D eigenvalue weighted by Crippen LogP contribution is -2.52. The molecule has 1 aliphatic carbocycles. The lowest BCUT2D eigenvalue weighted by Gasteiger charge is -2.37. The van der Waals surface area contributed by atoms with E-state index in [0.717, 1.165) is 32.1 Å². The summed E-state index contributed by atoms with van der Waals surface area (Å²) < 4.78 is 0. The van der Waals surface area contributed by atoms with Crippen molar-refractivity contribution < 1.29 is 19.5 Å². The largest absolute Gasteiger partial charge is 0.480 e. The van der Waals surface area contributed by atoms with E-state index in [1.807, 2.05) is 13.8 Å². The number of rotatable bonds is 6. The van der Waals surface area contributed by atoms with Crippen molar-refractivity contribution in [1.29, 1.82) is 0 Å². The third-order valence-electron chi connectivity index (χ3n) is 5.09. The maximum Gasteiger partial charge on any atom is 0.326 e. The number of aliphatic carboxylic acids is 1. The molecular weight excluding hydrogens is 296 g/mol. The Kier molecular flexibility index (Phi) is 5.65. The molecule has 2 amide bonds. The molecule has 3 unspecified atom stereocenters. The van der Waals surface area contributed by atoms with Crippen LogP contribution in [0.1, 0.15) is 52.9 Å². The van der Waals surface area contributed by atoms with Gasteiger partial charge < -0.3 is 14.9 Å². The minimum absolute atomic E-state index is 0.0265. The van der Waals surface area contributed by atoms with E-state index in [0.29, 0.717) is 13.1 Å². The molecule has 1 heterocycles. The highest BCUT2D eigenvalue weighted by Gasteiger charge is 2.42. The molecular formula is C17H28N2O4. The van der Waals surface area contributed by atoms with E-state index in [9.17, 15) is 19.5 Å². The Morgan fingerprint density at radius 3 is 2.39 bits per heavy atom. The van der Waals surface area contributed by atoms with Gasteiger partial charge in [-0.05, 0) is 39.0 Å². The quantitative estimate of drug-likeness (QED) is 0.807. The Morgan fingerprint density at radius 1 is 1.22 bits per heavy atom. The van der Waals surface area contributed by atoms with E-state index in [1.165, 1.54) is 0 Å². The zero-order valence-corrected chi connectivity index (χ0v) is 14.3. The fourth-order valence-electron chi connectivity index (χ4n) is 3.23. The van der Waals surface area contributed by atoms with Crippen LogP contribution in [0.15, 0.2) is 0 Å². The number of likely N-dealkylation sites (tertiary alicyclic amines) is 1. The summed E-state index contributed by atoms with van der Waals surface area (Å²) in [6.45, 7) is 6.60.